The molecule has 3 N–H and O–H groups in total. The summed E-state index contributed by atoms with van der Waals surface area (Å²) in [5, 5.41) is 8.99. The molecule has 0 radical (unpaired) electrons. The Labute approximate surface area is 70.8 Å². The lowest BCUT2D eigenvalue weighted by Gasteiger charge is -2.03. The second-order valence-corrected chi connectivity index (χ2v) is 2.65. The van der Waals surface area contributed by atoms with Crippen molar-refractivity contribution in [3.05, 3.63) is 29.8 Å². The fourth-order valence-corrected chi connectivity index (χ4v) is 1.01. The molecule has 3 heteroatoms. The Morgan fingerprint density at radius 1 is 1.58 bits per heavy atom. The van der Waals surface area contributed by atoms with Crippen molar-refractivity contribution in [2.45, 2.75) is 12.5 Å². The van der Waals surface area contributed by atoms with Crippen LogP contribution in [0.5, 0.6) is 0 Å². The third-order valence-corrected chi connectivity index (χ3v) is 1.55. The van der Waals surface area contributed by atoms with Crippen molar-refractivity contribution in [1.82, 2.24) is 0 Å². The normalized spacial score (nSPS) is 12.4. The van der Waals surface area contributed by atoms with Crippen molar-refractivity contribution in [3.63, 3.8) is 0 Å². The molecule has 1 rings (SSSR count). The van der Waals surface area contributed by atoms with Gasteiger partial charge in [0.25, 0.3) is 0 Å². The minimum absolute atomic E-state index is 0.328. The van der Waals surface area contributed by atoms with Gasteiger partial charge in [-0.15, -0.1) is 0 Å². The van der Waals surface area contributed by atoms with Gasteiger partial charge in [-0.2, -0.15) is 0 Å². The monoisotopic (exact) mass is 165 g/mol. The van der Waals surface area contributed by atoms with Gasteiger partial charge in [0.1, 0.15) is 12.4 Å². The molecule has 3 nitrogen and oxygen atoms in total. The van der Waals surface area contributed by atoms with Crippen molar-refractivity contribution in [1.29, 1.82) is 0 Å². The molecule has 1 aromatic carbocycles. The zero-order valence-corrected chi connectivity index (χ0v) is 6.60. The maximum absolute atomic E-state index is 10.1. The summed E-state index contributed by atoms with van der Waals surface area (Å²) in [5.74, 6) is 0. The van der Waals surface area contributed by atoms with E-state index in [2.05, 4.69) is 0 Å². The third kappa shape index (κ3) is 2.36. The van der Waals surface area contributed by atoms with E-state index in [1.807, 2.05) is 6.07 Å². The van der Waals surface area contributed by atoms with Crippen LogP contribution in [0.4, 0.5) is 5.69 Å². The molecule has 1 atom stereocenters. The van der Waals surface area contributed by atoms with Crippen molar-refractivity contribution < 1.29 is 9.90 Å². The number of nitrogen functional groups attached to an aromatic ring is 1. The number of benzene rings is 1. The Morgan fingerprint density at radius 2 is 2.33 bits per heavy atom. The second-order valence-electron chi connectivity index (χ2n) is 2.65. The summed E-state index contributed by atoms with van der Waals surface area (Å²) in [6.07, 6.45) is -0.0793. The molecule has 0 heterocycles. The highest BCUT2D eigenvalue weighted by Gasteiger charge is 2.02. The van der Waals surface area contributed by atoms with Crippen molar-refractivity contribution >= 4 is 12.0 Å². The zero-order chi connectivity index (χ0) is 8.97. The largest absolute Gasteiger partial charge is 0.399 e. The Balaban J connectivity index is 2.69. The molecule has 0 saturated carbocycles. The van der Waals surface area contributed by atoms with Crippen LogP contribution in [0.25, 0.3) is 0 Å². The van der Waals surface area contributed by atoms with Crippen LogP contribution in [-0.2, 0) is 11.2 Å². The summed E-state index contributed by atoms with van der Waals surface area (Å²) in [6, 6.07) is 7.12. The van der Waals surface area contributed by atoms with Gasteiger partial charge >= 0.3 is 0 Å². The molecule has 0 aliphatic rings. The minimum Gasteiger partial charge on any atom is -0.399 e. The van der Waals surface area contributed by atoms with E-state index < -0.39 is 6.10 Å². The quantitative estimate of drug-likeness (QED) is 0.502. The lowest BCUT2D eigenvalue weighted by Crippen LogP contribution is -2.11. The summed E-state index contributed by atoms with van der Waals surface area (Å²) in [5.41, 5.74) is 7.02. The van der Waals surface area contributed by atoms with E-state index in [0.717, 1.165) is 5.56 Å². The van der Waals surface area contributed by atoms with E-state index in [-0.39, 0.29) is 0 Å². The number of carbonyl (C=O) groups excluding carboxylic acids is 1. The summed E-state index contributed by atoms with van der Waals surface area (Å²) in [4.78, 5) is 10.1. The van der Waals surface area contributed by atoms with Crippen LogP contribution in [-0.4, -0.2) is 17.5 Å². The van der Waals surface area contributed by atoms with Gasteiger partial charge in [0, 0.05) is 12.1 Å². The first-order valence-corrected chi connectivity index (χ1v) is 3.70. The molecule has 0 fully saturated rings. The van der Waals surface area contributed by atoms with Crippen LogP contribution in [0.15, 0.2) is 24.3 Å². The summed E-state index contributed by atoms with van der Waals surface area (Å²) < 4.78 is 0. The second kappa shape index (κ2) is 3.88. The minimum atomic E-state index is -0.924. The van der Waals surface area contributed by atoms with Gasteiger partial charge in [0.2, 0.25) is 0 Å². The predicted molar refractivity (Wildman–Crippen MR) is 46.6 cm³/mol. The van der Waals surface area contributed by atoms with E-state index in [0.29, 0.717) is 18.4 Å². The predicted octanol–water partition coefficient (Wildman–Crippen LogP) is 0.371. The van der Waals surface area contributed by atoms with Crippen molar-refractivity contribution in [2.24, 2.45) is 0 Å². The fraction of sp³-hybridized carbons (Fsp3) is 0.222. The Kier molecular flexibility index (Phi) is 2.82. The first-order valence-electron chi connectivity index (χ1n) is 3.70. The number of aldehydes is 1. The topological polar surface area (TPSA) is 63.3 Å². The highest BCUT2D eigenvalue weighted by molar-refractivity contribution is 5.56. The average Bonchev–Trinajstić information content (AvgIpc) is 2.04. The van der Waals surface area contributed by atoms with Gasteiger partial charge in [-0.3, -0.25) is 0 Å². The Hall–Kier alpha value is -1.35. The molecular weight excluding hydrogens is 154 g/mol. The highest BCUT2D eigenvalue weighted by atomic mass is 16.3. The van der Waals surface area contributed by atoms with Crippen LogP contribution in [0.1, 0.15) is 5.56 Å². The molecule has 0 aromatic heterocycles. The Morgan fingerprint density at radius 3 is 2.92 bits per heavy atom. The summed E-state index contributed by atoms with van der Waals surface area (Å²) >= 11 is 0. The molecule has 0 saturated heterocycles. The number of hydrogen-bond donors (Lipinski definition) is 2. The SMILES string of the molecule is Nc1cccc(CC(O)C=O)c1. The lowest BCUT2D eigenvalue weighted by molar-refractivity contribution is -0.114. The first-order chi connectivity index (χ1) is 5.72. The molecule has 1 aromatic rings. The smallest absolute Gasteiger partial charge is 0.148 e. The number of rotatable bonds is 3. The van der Waals surface area contributed by atoms with E-state index in [1.165, 1.54) is 0 Å². The number of aliphatic hydroxyl groups is 1. The molecule has 0 aliphatic heterocycles. The van der Waals surface area contributed by atoms with Gasteiger partial charge in [-0.1, -0.05) is 12.1 Å². The van der Waals surface area contributed by atoms with Gasteiger partial charge in [0.15, 0.2) is 0 Å². The number of carbonyl (C=O) groups is 1. The van der Waals surface area contributed by atoms with E-state index in [1.54, 1.807) is 18.2 Å². The zero-order valence-electron chi connectivity index (χ0n) is 6.60. The number of aliphatic hydroxyl groups excluding tert-OH is 1. The summed E-state index contributed by atoms with van der Waals surface area (Å²) in [7, 11) is 0. The standard InChI is InChI=1S/C9H11NO2/c10-8-3-1-2-7(4-8)5-9(12)6-11/h1-4,6,9,12H,5,10H2. The molecule has 0 amide bonds. The third-order valence-electron chi connectivity index (χ3n) is 1.55. The van der Waals surface area contributed by atoms with Crippen LogP contribution < -0.4 is 5.73 Å². The number of hydrogen-bond acceptors (Lipinski definition) is 3. The van der Waals surface area contributed by atoms with Crippen molar-refractivity contribution in [2.75, 3.05) is 5.73 Å². The maximum Gasteiger partial charge on any atom is 0.148 e. The van der Waals surface area contributed by atoms with E-state index in [9.17, 15) is 4.79 Å². The van der Waals surface area contributed by atoms with Gasteiger partial charge in [-0.05, 0) is 17.7 Å². The molecule has 0 bridgehead atoms. The van der Waals surface area contributed by atoms with Crippen LogP contribution in [0, 0.1) is 0 Å². The average molecular weight is 165 g/mol. The van der Waals surface area contributed by atoms with Crippen molar-refractivity contribution in [3.8, 4) is 0 Å². The van der Waals surface area contributed by atoms with Crippen LogP contribution >= 0.6 is 0 Å². The van der Waals surface area contributed by atoms with E-state index >= 15 is 0 Å². The fourth-order valence-electron chi connectivity index (χ4n) is 1.01. The maximum atomic E-state index is 10.1. The summed E-state index contributed by atoms with van der Waals surface area (Å²) in [6.45, 7) is 0. The molecule has 0 spiro atoms. The number of anilines is 1. The molecule has 1 unspecified atom stereocenters. The molecular formula is C9H11NO2. The molecule has 0 aliphatic carbocycles. The van der Waals surface area contributed by atoms with Crippen LogP contribution in [0.3, 0.4) is 0 Å². The lowest BCUT2D eigenvalue weighted by atomic mass is 10.1. The van der Waals surface area contributed by atoms with Gasteiger partial charge < -0.3 is 15.6 Å². The number of nitrogens with two attached hydrogens (primary N) is 1. The molecule has 64 valence electrons. The highest BCUT2D eigenvalue weighted by Crippen LogP contribution is 2.07. The Bertz CT molecular complexity index is 273. The van der Waals surface area contributed by atoms with Gasteiger partial charge in [-0.25, -0.2) is 0 Å². The molecule has 12 heavy (non-hydrogen) atoms. The van der Waals surface area contributed by atoms with Gasteiger partial charge in [0.05, 0.1) is 0 Å². The first kappa shape index (κ1) is 8.74. The van der Waals surface area contributed by atoms with E-state index in [4.69, 9.17) is 10.8 Å². The van der Waals surface area contributed by atoms with Crippen LogP contribution in [0.2, 0.25) is 0 Å².